The Hall–Kier alpha value is -3.14. The number of hydrogen-bond acceptors (Lipinski definition) is 7. The van der Waals surface area contributed by atoms with Gasteiger partial charge in [0, 0.05) is 13.1 Å². The normalized spacial score (nSPS) is 12.6. The molecule has 0 fully saturated rings. The standard InChI is InChI=1S/C17H16N6O3S/c1-9-8-13(26-21-9)18-14(24)10(2)27-17-20-19-16-22(3)15(25)11-6-4-5-7-12(11)23(16)17/h4-8,10H,1-3H3,(H,18,24). The van der Waals surface area contributed by atoms with Gasteiger partial charge in [-0.2, -0.15) is 0 Å². The molecule has 0 aliphatic heterocycles. The van der Waals surface area contributed by atoms with Gasteiger partial charge in [0.1, 0.15) is 0 Å². The number of benzene rings is 1. The second kappa shape index (κ2) is 6.54. The van der Waals surface area contributed by atoms with Crippen molar-refractivity contribution in [1.82, 2.24) is 24.3 Å². The maximum atomic E-state index is 12.5. The Kier molecular flexibility index (Phi) is 4.19. The first-order valence-corrected chi connectivity index (χ1v) is 9.07. The molecule has 27 heavy (non-hydrogen) atoms. The molecule has 3 heterocycles. The molecule has 3 aromatic heterocycles. The number of thioether (sulfide) groups is 1. The quantitative estimate of drug-likeness (QED) is 0.536. The maximum Gasteiger partial charge on any atom is 0.262 e. The summed E-state index contributed by atoms with van der Waals surface area (Å²) in [5.74, 6) is 0.464. The van der Waals surface area contributed by atoms with Crippen molar-refractivity contribution in [1.29, 1.82) is 0 Å². The zero-order valence-corrected chi connectivity index (χ0v) is 15.6. The lowest BCUT2D eigenvalue weighted by Crippen LogP contribution is -2.23. The third kappa shape index (κ3) is 2.97. The number of hydrogen-bond donors (Lipinski definition) is 1. The average molecular weight is 384 g/mol. The molecule has 10 heteroatoms. The van der Waals surface area contributed by atoms with Crippen molar-refractivity contribution in [3.8, 4) is 0 Å². The molecule has 1 N–H and O–H groups in total. The van der Waals surface area contributed by atoms with Gasteiger partial charge in [-0.3, -0.25) is 23.9 Å². The van der Waals surface area contributed by atoms with Crippen LogP contribution in [0.2, 0.25) is 0 Å². The Labute approximate surface area is 157 Å². The summed E-state index contributed by atoms with van der Waals surface area (Å²) in [4.78, 5) is 24.9. The fourth-order valence-corrected chi connectivity index (χ4v) is 3.60. The summed E-state index contributed by atoms with van der Waals surface area (Å²) in [5.41, 5.74) is 1.23. The largest absolute Gasteiger partial charge is 0.338 e. The first-order valence-electron chi connectivity index (χ1n) is 8.19. The lowest BCUT2D eigenvalue weighted by molar-refractivity contribution is -0.115. The second-order valence-electron chi connectivity index (χ2n) is 6.08. The molecule has 0 spiro atoms. The van der Waals surface area contributed by atoms with Crippen molar-refractivity contribution < 1.29 is 9.32 Å². The van der Waals surface area contributed by atoms with Gasteiger partial charge < -0.3 is 4.52 Å². The van der Waals surface area contributed by atoms with Crippen molar-refractivity contribution in [3.05, 3.63) is 46.4 Å². The van der Waals surface area contributed by atoms with E-state index in [2.05, 4.69) is 20.7 Å². The van der Waals surface area contributed by atoms with Crippen molar-refractivity contribution in [2.75, 3.05) is 5.32 Å². The molecule has 1 amide bonds. The zero-order valence-electron chi connectivity index (χ0n) is 14.8. The minimum atomic E-state index is -0.473. The monoisotopic (exact) mass is 384 g/mol. The lowest BCUT2D eigenvalue weighted by Gasteiger charge is -2.10. The van der Waals surface area contributed by atoms with Crippen LogP contribution in [-0.2, 0) is 11.8 Å². The van der Waals surface area contributed by atoms with Crippen molar-refractivity contribution in [2.45, 2.75) is 24.3 Å². The van der Waals surface area contributed by atoms with Gasteiger partial charge in [-0.1, -0.05) is 29.1 Å². The van der Waals surface area contributed by atoms with Crippen LogP contribution < -0.4 is 10.9 Å². The van der Waals surface area contributed by atoms with Crippen molar-refractivity contribution in [2.24, 2.45) is 7.05 Å². The summed E-state index contributed by atoms with van der Waals surface area (Å²) in [6.45, 7) is 3.53. The van der Waals surface area contributed by atoms with E-state index in [4.69, 9.17) is 4.52 Å². The number of amides is 1. The summed E-state index contributed by atoms with van der Waals surface area (Å²) in [7, 11) is 1.65. The summed E-state index contributed by atoms with van der Waals surface area (Å²) in [6.07, 6.45) is 0. The van der Waals surface area contributed by atoms with Crippen LogP contribution >= 0.6 is 11.8 Å². The SMILES string of the molecule is Cc1cc(NC(=O)C(C)Sc2nnc3n(C)c(=O)c4ccccc4n23)on1. The smallest absolute Gasteiger partial charge is 0.262 e. The Bertz CT molecular complexity index is 1220. The topological polar surface area (TPSA) is 107 Å². The van der Waals surface area contributed by atoms with Crippen LogP contribution in [0.25, 0.3) is 16.7 Å². The van der Waals surface area contributed by atoms with E-state index in [1.807, 2.05) is 18.2 Å². The number of para-hydroxylation sites is 1. The Morgan fingerprint density at radius 2 is 2.07 bits per heavy atom. The summed E-state index contributed by atoms with van der Waals surface area (Å²) in [6, 6.07) is 8.89. The van der Waals surface area contributed by atoms with E-state index in [0.717, 1.165) is 0 Å². The minimum absolute atomic E-state index is 0.145. The van der Waals surface area contributed by atoms with Crippen molar-refractivity contribution >= 4 is 40.2 Å². The molecular weight excluding hydrogens is 368 g/mol. The Morgan fingerprint density at radius 3 is 2.81 bits per heavy atom. The van der Waals surface area contributed by atoms with Gasteiger partial charge in [-0.05, 0) is 26.0 Å². The number of aromatic nitrogens is 5. The fourth-order valence-electron chi connectivity index (χ4n) is 2.74. The molecule has 0 saturated carbocycles. The number of rotatable bonds is 4. The van der Waals surface area contributed by atoms with E-state index in [0.29, 0.717) is 33.4 Å². The minimum Gasteiger partial charge on any atom is -0.338 e. The number of aryl methyl sites for hydroxylation is 2. The third-order valence-electron chi connectivity index (χ3n) is 4.12. The Morgan fingerprint density at radius 1 is 1.30 bits per heavy atom. The molecule has 1 atom stereocenters. The number of carbonyl (C=O) groups excluding carboxylic acids is 1. The van der Waals surface area contributed by atoms with Crippen LogP contribution in [0.5, 0.6) is 0 Å². The van der Waals surface area contributed by atoms with Crippen LogP contribution in [0.3, 0.4) is 0 Å². The molecule has 1 aromatic carbocycles. The molecule has 0 bridgehead atoms. The predicted octanol–water partition coefficient (Wildman–Crippen LogP) is 2.00. The van der Waals surface area contributed by atoms with Crippen LogP contribution in [0, 0.1) is 6.92 Å². The summed E-state index contributed by atoms with van der Waals surface area (Å²) < 4.78 is 8.24. The first-order chi connectivity index (χ1) is 13.0. The maximum absolute atomic E-state index is 12.5. The van der Waals surface area contributed by atoms with Gasteiger partial charge in [0.2, 0.25) is 17.6 Å². The number of anilines is 1. The van der Waals surface area contributed by atoms with Gasteiger partial charge in [0.05, 0.1) is 21.8 Å². The van der Waals surface area contributed by atoms with E-state index in [1.54, 1.807) is 37.4 Å². The fraction of sp³-hybridized carbons (Fsp3) is 0.235. The molecule has 1 unspecified atom stereocenters. The third-order valence-corrected chi connectivity index (χ3v) is 5.16. The van der Waals surface area contributed by atoms with Crippen molar-refractivity contribution in [3.63, 3.8) is 0 Å². The molecule has 0 aliphatic rings. The van der Waals surface area contributed by atoms with Crippen LogP contribution in [0.1, 0.15) is 12.6 Å². The van der Waals surface area contributed by atoms with E-state index in [-0.39, 0.29) is 11.5 Å². The van der Waals surface area contributed by atoms with Gasteiger partial charge in [0.15, 0.2) is 5.16 Å². The first kappa shape index (κ1) is 17.3. The summed E-state index contributed by atoms with van der Waals surface area (Å²) in [5, 5.41) is 15.3. The molecule has 0 saturated heterocycles. The van der Waals surface area contributed by atoms with E-state index in [9.17, 15) is 9.59 Å². The van der Waals surface area contributed by atoms with E-state index >= 15 is 0 Å². The molecule has 4 aromatic rings. The highest BCUT2D eigenvalue weighted by Crippen LogP contribution is 2.25. The molecule has 138 valence electrons. The summed E-state index contributed by atoms with van der Waals surface area (Å²) >= 11 is 1.24. The predicted molar refractivity (Wildman–Crippen MR) is 101 cm³/mol. The molecule has 9 nitrogen and oxygen atoms in total. The Balaban J connectivity index is 1.70. The van der Waals surface area contributed by atoms with Gasteiger partial charge in [-0.15, -0.1) is 10.2 Å². The molecule has 0 radical (unpaired) electrons. The molecule has 4 rings (SSSR count). The lowest BCUT2D eigenvalue weighted by atomic mass is 10.2. The molecule has 0 aliphatic carbocycles. The number of nitrogens with zero attached hydrogens (tertiary/aromatic N) is 5. The van der Waals surface area contributed by atoms with Crippen LogP contribution in [0.15, 0.2) is 44.8 Å². The highest BCUT2D eigenvalue weighted by Gasteiger charge is 2.21. The van der Waals surface area contributed by atoms with Gasteiger partial charge in [0.25, 0.3) is 5.56 Å². The van der Waals surface area contributed by atoms with Gasteiger partial charge in [-0.25, -0.2) is 0 Å². The van der Waals surface area contributed by atoms with Crippen LogP contribution in [-0.4, -0.2) is 35.5 Å². The number of fused-ring (bicyclic) bond motifs is 3. The number of carbonyl (C=O) groups is 1. The highest BCUT2D eigenvalue weighted by molar-refractivity contribution is 8.00. The highest BCUT2D eigenvalue weighted by atomic mass is 32.2. The van der Waals surface area contributed by atoms with Gasteiger partial charge >= 0.3 is 0 Å². The van der Waals surface area contributed by atoms with E-state index in [1.165, 1.54) is 16.3 Å². The van der Waals surface area contributed by atoms with E-state index < -0.39 is 5.25 Å². The average Bonchev–Trinajstić information content (AvgIpc) is 3.26. The molecular formula is C17H16N6O3S. The second-order valence-corrected chi connectivity index (χ2v) is 7.39. The number of nitrogens with one attached hydrogen (secondary N) is 1. The zero-order chi connectivity index (χ0) is 19.1. The van der Waals surface area contributed by atoms with Crippen LogP contribution in [0.4, 0.5) is 5.88 Å².